The van der Waals surface area contributed by atoms with Crippen LogP contribution in [0.4, 0.5) is 5.82 Å². The lowest BCUT2D eigenvalue weighted by Gasteiger charge is -2.27. The van der Waals surface area contributed by atoms with Crippen LogP contribution in [0.15, 0.2) is 67.2 Å². The van der Waals surface area contributed by atoms with Crippen LogP contribution >= 0.6 is 0 Å². The smallest absolute Gasteiger partial charge is 0.147 e. The molecule has 3 aromatic rings. The van der Waals surface area contributed by atoms with Crippen LogP contribution in [-0.2, 0) is 4.74 Å². The molecule has 4 heterocycles. The second-order valence-electron chi connectivity index (χ2n) is 7.18. The van der Waals surface area contributed by atoms with Gasteiger partial charge in [0.1, 0.15) is 11.6 Å². The Hall–Kier alpha value is -3.25. The number of morpholine rings is 1. The third-order valence-corrected chi connectivity index (χ3v) is 4.85. The average molecular weight is 387 g/mol. The van der Waals surface area contributed by atoms with Gasteiger partial charge in [0.15, 0.2) is 0 Å². The van der Waals surface area contributed by atoms with Crippen molar-refractivity contribution in [2.24, 2.45) is 0 Å². The summed E-state index contributed by atoms with van der Waals surface area (Å²) in [6.07, 6.45) is 11.4. The minimum atomic E-state index is 0.740. The van der Waals surface area contributed by atoms with Gasteiger partial charge in [0.05, 0.1) is 30.4 Å². The van der Waals surface area contributed by atoms with E-state index < -0.39 is 0 Å². The maximum Gasteiger partial charge on any atom is 0.147 e. The second kappa shape index (κ2) is 8.41. The Morgan fingerprint density at radius 1 is 1.10 bits per heavy atom. The Morgan fingerprint density at radius 3 is 2.62 bits per heavy atom. The Labute approximate surface area is 170 Å². The molecule has 1 saturated heterocycles. The summed E-state index contributed by atoms with van der Waals surface area (Å²) in [6, 6.07) is 6.05. The number of rotatable bonds is 5. The molecule has 0 bridgehead atoms. The fourth-order valence-corrected chi connectivity index (χ4v) is 3.36. The van der Waals surface area contributed by atoms with Crippen molar-refractivity contribution in [1.82, 2.24) is 19.5 Å². The molecule has 1 fully saturated rings. The van der Waals surface area contributed by atoms with Crippen LogP contribution in [0.5, 0.6) is 0 Å². The van der Waals surface area contributed by atoms with Gasteiger partial charge in [-0.25, -0.2) is 9.97 Å². The van der Waals surface area contributed by atoms with Gasteiger partial charge in [-0.3, -0.25) is 9.55 Å². The molecule has 0 unspecified atom stereocenters. The number of allylic oxidation sites excluding steroid dienone is 5. The highest BCUT2D eigenvalue weighted by Gasteiger charge is 2.17. The molecule has 0 amide bonds. The molecule has 0 aromatic carbocycles. The van der Waals surface area contributed by atoms with Gasteiger partial charge in [-0.05, 0) is 44.2 Å². The van der Waals surface area contributed by atoms with Crippen molar-refractivity contribution in [3.05, 3.63) is 67.2 Å². The van der Waals surface area contributed by atoms with Crippen LogP contribution in [0.3, 0.4) is 0 Å². The Bertz CT molecular complexity index is 1070. The fraction of sp³-hybridized carbons (Fsp3) is 0.261. The standard InChI is InChI=1S/C23H25N5O/c1-4-19(7-5-17(2)3)28-21-16-24-10-9-20(21)26-23(28)18-6-8-22(25-15-18)27-11-13-29-14-12-27/h4-10,15-16H,1,11-14H2,2-3H3/b19-7+. The monoisotopic (exact) mass is 387 g/mol. The Morgan fingerprint density at radius 2 is 1.93 bits per heavy atom. The maximum absolute atomic E-state index is 5.43. The maximum atomic E-state index is 5.43. The molecular weight excluding hydrogens is 362 g/mol. The second-order valence-corrected chi connectivity index (χ2v) is 7.18. The molecule has 1 aliphatic rings. The van der Waals surface area contributed by atoms with Gasteiger partial charge in [0.25, 0.3) is 0 Å². The molecule has 0 N–H and O–H groups in total. The number of anilines is 1. The number of hydrogen-bond donors (Lipinski definition) is 0. The molecular formula is C23H25N5O. The quantitative estimate of drug-likeness (QED) is 0.610. The first kappa shape index (κ1) is 19.1. The summed E-state index contributed by atoms with van der Waals surface area (Å²) in [5.41, 5.74) is 4.92. The zero-order valence-corrected chi connectivity index (χ0v) is 16.9. The molecule has 0 saturated carbocycles. The number of ether oxygens (including phenoxy) is 1. The van der Waals surface area contributed by atoms with E-state index in [1.807, 2.05) is 24.5 Å². The number of hydrogen-bond acceptors (Lipinski definition) is 5. The van der Waals surface area contributed by atoms with E-state index in [2.05, 4.69) is 59.2 Å². The predicted octanol–water partition coefficient (Wildman–Crippen LogP) is 4.32. The molecule has 0 atom stereocenters. The third-order valence-electron chi connectivity index (χ3n) is 4.85. The minimum absolute atomic E-state index is 0.740. The molecule has 0 aliphatic carbocycles. The number of pyridine rings is 2. The lowest BCUT2D eigenvalue weighted by atomic mass is 10.2. The zero-order chi connectivity index (χ0) is 20.2. The van der Waals surface area contributed by atoms with Crippen LogP contribution in [0, 0.1) is 0 Å². The van der Waals surface area contributed by atoms with E-state index >= 15 is 0 Å². The van der Waals surface area contributed by atoms with Gasteiger partial charge in [0.2, 0.25) is 0 Å². The van der Waals surface area contributed by atoms with Crippen LogP contribution in [0.1, 0.15) is 13.8 Å². The predicted molar refractivity (Wildman–Crippen MR) is 118 cm³/mol. The van der Waals surface area contributed by atoms with Crippen molar-refractivity contribution in [2.45, 2.75) is 13.8 Å². The summed E-state index contributed by atoms with van der Waals surface area (Å²) in [5.74, 6) is 1.78. The zero-order valence-electron chi connectivity index (χ0n) is 16.9. The van der Waals surface area contributed by atoms with Crippen molar-refractivity contribution in [2.75, 3.05) is 31.2 Å². The van der Waals surface area contributed by atoms with E-state index in [0.29, 0.717) is 0 Å². The first-order valence-electron chi connectivity index (χ1n) is 9.77. The van der Waals surface area contributed by atoms with Crippen LogP contribution in [0.2, 0.25) is 0 Å². The van der Waals surface area contributed by atoms with Crippen molar-refractivity contribution in [3.63, 3.8) is 0 Å². The van der Waals surface area contributed by atoms with Crippen LogP contribution in [0.25, 0.3) is 28.1 Å². The Balaban J connectivity index is 1.80. The molecule has 4 rings (SSSR count). The molecule has 148 valence electrons. The van der Waals surface area contributed by atoms with E-state index in [1.165, 1.54) is 5.57 Å². The molecule has 1 aliphatic heterocycles. The lowest BCUT2D eigenvalue weighted by Crippen LogP contribution is -2.36. The highest BCUT2D eigenvalue weighted by molar-refractivity contribution is 5.86. The summed E-state index contributed by atoms with van der Waals surface area (Å²) in [7, 11) is 0. The van der Waals surface area contributed by atoms with E-state index in [9.17, 15) is 0 Å². The van der Waals surface area contributed by atoms with E-state index in [0.717, 1.165) is 60.2 Å². The van der Waals surface area contributed by atoms with Gasteiger partial charge in [0, 0.05) is 36.7 Å². The van der Waals surface area contributed by atoms with E-state index in [4.69, 9.17) is 14.7 Å². The first-order chi connectivity index (χ1) is 14.2. The van der Waals surface area contributed by atoms with Gasteiger partial charge < -0.3 is 9.64 Å². The SMILES string of the molecule is C=C/C(=C\C=C(C)C)n1c(-c2ccc(N3CCOCC3)nc2)nc2ccncc21. The third kappa shape index (κ3) is 3.98. The average Bonchev–Trinajstić information content (AvgIpc) is 3.14. The largest absolute Gasteiger partial charge is 0.378 e. The molecule has 29 heavy (non-hydrogen) atoms. The van der Waals surface area contributed by atoms with E-state index in [-0.39, 0.29) is 0 Å². The van der Waals surface area contributed by atoms with Crippen molar-refractivity contribution in [3.8, 4) is 11.4 Å². The van der Waals surface area contributed by atoms with Gasteiger partial charge in [-0.1, -0.05) is 18.2 Å². The summed E-state index contributed by atoms with van der Waals surface area (Å²) in [5, 5.41) is 0. The summed E-state index contributed by atoms with van der Waals surface area (Å²) in [4.78, 5) is 16.1. The van der Waals surface area contributed by atoms with Crippen molar-refractivity contribution < 1.29 is 4.74 Å². The van der Waals surface area contributed by atoms with Crippen LogP contribution < -0.4 is 4.90 Å². The van der Waals surface area contributed by atoms with Crippen molar-refractivity contribution in [1.29, 1.82) is 0 Å². The normalized spacial score (nSPS) is 14.8. The summed E-state index contributed by atoms with van der Waals surface area (Å²) < 4.78 is 7.52. The summed E-state index contributed by atoms with van der Waals surface area (Å²) in [6.45, 7) is 11.4. The number of nitrogens with zero attached hydrogens (tertiary/aromatic N) is 5. The lowest BCUT2D eigenvalue weighted by molar-refractivity contribution is 0.122. The minimum Gasteiger partial charge on any atom is -0.378 e. The Kier molecular flexibility index (Phi) is 5.53. The number of fused-ring (bicyclic) bond motifs is 1. The fourth-order valence-electron chi connectivity index (χ4n) is 3.36. The highest BCUT2D eigenvalue weighted by Crippen LogP contribution is 2.29. The highest BCUT2D eigenvalue weighted by atomic mass is 16.5. The molecule has 0 spiro atoms. The molecule has 0 radical (unpaired) electrons. The molecule has 6 heteroatoms. The number of imidazole rings is 1. The van der Waals surface area contributed by atoms with Gasteiger partial charge in [-0.2, -0.15) is 0 Å². The topological polar surface area (TPSA) is 56.1 Å². The van der Waals surface area contributed by atoms with Crippen LogP contribution in [-0.4, -0.2) is 45.8 Å². The van der Waals surface area contributed by atoms with E-state index in [1.54, 1.807) is 6.20 Å². The summed E-state index contributed by atoms with van der Waals surface area (Å²) >= 11 is 0. The van der Waals surface area contributed by atoms with Gasteiger partial charge in [-0.15, -0.1) is 0 Å². The van der Waals surface area contributed by atoms with Gasteiger partial charge >= 0.3 is 0 Å². The molecule has 3 aromatic heterocycles. The first-order valence-corrected chi connectivity index (χ1v) is 9.77. The molecule has 6 nitrogen and oxygen atoms in total. The van der Waals surface area contributed by atoms with Crippen molar-refractivity contribution >= 4 is 22.5 Å². The number of aromatic nitrogens is 4.